The Morgan fingerprint density at radius 3 is 1.75 bits per heavy atom. The number of rotatable bonds is 3. The molecule has 13 rings (SSSR count). The molecule has 9 aromatic rings. The molecular formula is C68H71BN2O2. The SMILES string of the molecule is CC(C)(C)c1ccc(N2c3cc4c(oc5ccccc54)c4c3B(c3oc5cc6c(cc5c32)C(C)(C)CCC6(C)C)N(c2ccc3c(c2)C(C)(C)CCC3(C)C)c2cc(C(C)(C)C)ccc2-4)c(-c2ccccc2)c1. The van der Waals surface area contributed by atoms with Crippen LogP contribution in [-0.2, 0) is 32.5 Å². The summed E-state index contributed by atoms with van der Waals surface area (Å²) in [5, 5.41) is 3.40. The van der Waals surface area contributed by atoms with E-state index in [1.165, 1.54) is 66.9 Å². The number of hydrogen-bond donors (Lipinski definition) is 0. The molecule has 0 N–H and O–H groups in total. The van der Waals surface area contributed by atoms with E-state index in [0.29, 0.717) is 0 Å². The zero-order chi connectivity index (χ0) is 51.1. The summed E-state index contributed by atoms with van der Waals surface area (Å²) in [6.45, 7) is 33.2. The van der Waals surface area contributed by atoms with Gasteiger partial charge in [0.2, 0.25) is 0 Å². The maximum atomic E-state index is 7.85. The number of anilines is 5. The standard InChI is InChI=1S/C68H71BN2O2/c1-63(2,3)41-25-29-53(46(34-41)40-20-16-15-17-21-40)70-55-38-47-44-22-18-19-23-56(44)72-61(47)58-45-27-24-42(64(4,5)6)35-54(45)71(43-26-28-49-50(36-43)66(9,10)31-30-65(49,7)8)69(59(55)58)62-60(70)48-37-51-52(39-57(48)73-62)68(13,14)33-32-67(51,11)12/h15-29,34-39H,30-33H2,1-14H3. The van der Waals surface area contributed by atoms with Gasteiger partial charge in [0, 0.05) is 49.9 Å². The van der Waals surface area contributed by atoms with E-state index in [1.807, 2.05) is 0 Å². The van der Waals surface area contributed by atoms with Crippen LogP contribution < -0.4 is 20.8 Å². The number of hydrogen-bond acceptors (Lipinski definition) is 4. The Bertz CT molecular complexity index is 3790. The van der Waals surface area contributed by atoms with E-state index in [1.54, 1.807) is 0 Å². The molecule has 0 amide bonds. The van der Waals surface area contributed by atoms with Crippen LogP contribution in [0, 0.1) is 0 Å². The van der Waals surface area contributed by atoms with Crippen molar-refractivity contribution >= 4 is 79.3 Å². The molecule has 0 atom stereocenters. The first-order valence-corrected chi connectivity index (χ1v) is 27.1. The topological polar surface area (TPSA) is 32.8 Å². The summed E-state index contributed by atoms with van der Waals surface area (Å²) in [6.07, 6.45) is 4.56. The minimum atomic E-state index is -0.339. The van der Waals surface area contributed by atoms with Crippen LogP contribution in [-0.4, -0.2) is 6.85 Å². The molecule has 0 spiro atoms. The predicted octanol–water partition coefficient (Wildman–Crippen LogP) is 18.0. The average molecular weight is 959 g/mol. The molecule has 2 aliphatic carbocycles. The van der Waals surface area contributed by atoms with Gasteiger partial charge in [0.25, 0.3) is 0 Å². The van der Waals surface area contributed by atoms with Crippen LogP contribution >= 0.6 is 0 Å². The van der Waals surface area contributed by atoms with Gasteiger partial charge in [0.15, 0.2) is 0 Å². The first-order chi connectivity index (χ1) is 34.4. The van der Waals surface area contributed by atoms with E-state index in [4.69, 9.17) is 8.83 Å². The van der Waals surface area contributed by atoms with Gasteiger partial charge < -0.3 is 18.5 Å². The Labute approximate surface area is 433 Å². The van der Waals surface area contributed by atoms with Gasteiger partial charge in [-0.1, -0.05) is 170 Å². The van der Waals surface area contributed by atoms with Crippen LogP contribution in [0.15, 0.2) is 136 Å². The molecule has 5 heteroatoms. The van der Waals surface area contributed by atoms with E-state index < -0.39 is 0 Å². The van der Waals surface area contributed by atoms with Crippen molar-refractivity contribution < 1.29 is 8.83 Å². The van der Waals surface area contributed by atoms with Crippen molar-refractivity contribution in [3.8, 4) is 22.3 Å². The quantitative estimate of drug-likeness (QED) is 0.165. The maximum absolute atomic E-state index is 7.85. The lowest BCUT2D eigenvalue weighted by Crippen LogP contribution is -2.61. The second-order valence-corrected chi connectivity index (χ2v) is 27.1. The van der Waals surface area contributed by atoms with Crippen LogP contribution in [0.1, 0.15) is 156 Å². The molecule has 2 aromatic heterocycles. The highest BCUT2D eigenvalue weighted by Gasteiger charge is 2.51. The lowest BCUT2D eigenvalue weighted by Gasteiger charge is -2.46. The van der Waals surface area contributed by atoms with Crippen LogP contribution in [0.3, 0.4) is 0 Å². The molecule has 2 aliphatic heterocycles. The van der Waals surface area contributed by atoms with Gasteiger partial charge in [0.1, 0.15) is 22.4 Å². The van der Waals surface area contributed by atoms with Gasteiger partial charge in [-0.05, 0) is 157 Å². The van der Waals surface area contributed by atoms with Crippen molar-refractivity contribution in [1.82, 2.24) is 0 Å². The van der Waals surface area contributed by atoms with Crippen LogP contribution in [0.25, 0.3) is 55.2 Å². The molecule has 0 unspecified atom stereocenters. The Balaban J connectivity index is 1.23. The fourth-order valence-corrected chi connectivity index (χ4v) is 13.5. The first kappa shape index (κ1) is 46.3. The Morgan fingerprint density at radius 2 is 1.07 bits per heavy atom. The van der Waals surface area contributed by atoms with Crippen molar-refractivity contribution in [2.24, 2.45) is 0 Å². The summed E-state index contributed by atoms with van der Waals surface area (Å²) in [6, 6.07) is 49.1. The molecule has 4 nitrogen and oxygen atoms in total. The summed E-state index contributed by atoms with van der Waals surface area (Å²) < 4.78 is 15.1. The molecule has 0 bridgehead atoms. The fraction of sp³-hybridized carbons (Fsp3) is 0.353. The lowest BCUT2D eigenvalue weighted by atomic mass is 9.45. The second-order valence-electron chi connectivity index (χ2n) is 27.1. The van der Waals surface area contributed by atoms with Gasteiger partial charge >= 0.3 is 6.85 Å². The van der Waals surface area contributed by atoms with Crippen molar-refractivity contribution in [3.63, 3.8) is 0 Å². The monoisotopic (exact) mass is 959 g/mol. The third-order valence-electron chi connectivity index (χ3n) is 18.3. The maximum Gasteiger partial charge on any atom is 0.376 e. The largest absolute Gasteiger partial charge is 0.466 e. The number of benzene rings is 7. The highest BCUT2D eigenvalue weighted by Crippen LogP contribution is 2.57. The molecular weight excluding hydrogens is 888 g/mol. The highest BCUT2D eigenvalue weighted by molar-refractivity contribution is 6.93. The van der Waals surface area contributed by atoms with E-state index in [9.17, 15) is 0 Å². The summed E-state index contributed by atoms with van der Waals surface area (Å²) in [5.41, 5.74) is 23.6. The molecule has 73 heavy (non-hydrogen) atoms. The van der Waals surface area contributed by atoms with Gasteiger partial charge in [0.05, 0.1) is 11.4 Å². The van der Waals surface area contributed by atoms with Crippen molar-refractivity contribution in [2.75, 3.05) is 9.71 Å². The van der Waals surface area contributed by atoms with E-state index >= 15 is 0 Å². The van der Waals surface area contributed by atoms with Crippen LogP contribution in [0.4, 0.5) is 28.4 Å². The lowest BCUT2D eigenvalue weighted by molar-refractivity contribution is 0.332. The molecule has 368 valence electrons. The summed E-state index contributed by atoms with van der Waals surface area (Å²) >= 11 is 0. The molecule has 0 saturated heterocycles. The van der Waals surface area contributed by atoms with Crippen LogP contribution in [0.5, 0.6) is 0 Å². The van der Waals surface area contributed by atoms with Gasteiger partial charge in [-0.15, -0.1) is 0 Å². The predicted molar refractivity (Wildman–Crippen MR) is 311 cm³/mol. The Kier molecular flexibility index (Phi) is 9.58. The van der Waals surface area contributed by atoms with Gasteiger partial charge in [-0.2, -0.15) is 0 Å². The molecule has 0 fully saturated rings. The second kappa shape index (κ2) is 15.1. The Hall–Kier alpha value is -6.46. The average Bonchev–Trinajstić information content (AvgIpc) is 3.92. The zero-order valence-electron chi connectivity index (χ0n) is 45.7. The van der Waals surface area contributed by atoms with Crippen LogP contribution in [0.2, 0.25) is 0 Å². The summed E-state index contributed by atoms with van der Waals surface area (Å²) in [7, 11) is 0. The third-order valence-corrected chi connectivity index (χ3v) is 18.3. The minimum absolute atomic E-state index is 0.000158. The molecule has 0 radical (unpaired) electrons. The van der Waals surface area contributed by atoms with Crippen molar-refractivity contribution in [3.05, 3.63) is 161 Å². The number of furan rings is 2. The van der Waals surface area contributed by atoms with E-state index in [0.717, 1.165) is 86.9 Å². The Morgan fingerprint density at radius 1 is 0.466 bits per heavy atom. The highest BCUT2D eigenvalue weighted by atomic mass is 16.3. The number of nitrogens with zero attached hydrogens (tertiary/aromatic N) is 2. The van der Waals surface area contributed by atoms with E-state index in [2.05, 4.69) is 234 Å². The number of para-hydroxylation sites is 1. The summed E-state index contributed by atoms with van der Waals surface area (Å²) in [4.78, 5) is 5.29. The molecule has 0 saturated carbocycles. The first-order valence-electron chi connectivity index (χ1n) is 27.1. The summed E-state index contributed by atoms with van der Waals surface area (Å²) in [5.74, 6) is 0. The van der Waals surface area contributed by atoms with Crippen molar-refractivity contribution in [1.29, 1.82) is 0 Å². The normalized spacial score (nSPS) is 18.1. The molecule has 7 aromatic carbocycles. The fourth-order valence-electron chi connectivity index (χ4n) is 13.5. The minimum Gasteiger partial charge on any atom is -0.466 e. The van der Waals surface area contributed by atoms with Crippen molar-refractivity contribution in [2.45, 2.75) is 155 Å². The van der Waals surface area contributed by atoms with Gasteiger partial charge in [-0.3, -0.25) is 0 Å². The van der Waals surface area contributed by atoms with Gasteiger partial charge in [-0.25, -0.2) is 0 Å². The smallest absolute Gasteiger partial charge is 0.376 e. The van der Waals surface area contributed by atoms with E-state index in [-0.39, 0.29) is 39.3 Å². The number of fused-ring (bicyclic) bond motifs is 12. The molecule has 4 heterocycles. The zero-order valence-corrected chi connectivity index (χ0v) is 45.7. The third kappa shape index (κ3) is 6.78. The molecule has 4 aliphatic rings.